The van der Waals surface area contributed by atoms with Crippen LogP contribution in [-0.2, 0) is 10.0 Å². The van der Waals surface area contributed by atoms with E-state index in [9.17, 15) is 21.6 Å². The molecule has 0 aliphatic rings. The van der Waals surface area contributed by atoms with Crippen LogP contribution in [0.4, 0.5) is 19.0 Å². The highest BCUT2D eigenvalue weighted by molar-refractivity contribution is 7.89. The Morgan fingerprint density at radius 3 is 2.67 bits per heavy atom. The van der Waals surface area contributed by atoms with Crippen LogP contribution in [0.5, 0.6) is 0 Å². The fourth-order valence-corrected chi connectivity index (χ4v) is 2.83. The molecule has 1 aromatic carbocycles. The summed E-state index contributed by atoms with van der Waals surface area (Å²) < 4.78 is 65.1. The second-order valence-electron chi connectivity index (χ2n) is 4.66. The lowest BCUT2D eigenvalue weighted by Gasteiger charge is -2.11. The molecular formula is C12H9F3N6O2S. The van der Waals surface area contributed by atoms with E-state index in [1.807, 2.05) is 4.83 Å². The second kappa shape index (κ2) is 5.72. The number of hydrogen-bond donors (Lipinski definition) is 2. The Kier molecular flexibility index (Phi) is 3.85. The molecule has 126 valence electrons. The van der Waals surface area contributed by atoms with Gasteiger partial charge in [-0.3, -0.25) is 5.43 Å². The van der Waals surface area contributed by atoms with Gasteiger partial charge in [0, 0.05) is 11.8 Å². The maximum absolute atomic E-state index is 13.7. The highest BCUT2D eigenvalue weighted by atomic mass is 32.2. The van der Waals surface area contributed by atoms with Gasteiger partial charge < -0.3 is 0 Å². The molecule has 3 rings (SSSR count). The van der Waals surface area contributed by atoms with Crippen molar-refractivity contribution < 1.29 is 21.6 Å². The average molecular weight is 358 g/mol. The molecule has 0 bridgehead atoms. The van der Waals surface area contributed by atoms with Gasteiger partial charge in [-0.25, -0.2) is 26.6 Å². The van der Waals surface area contributed by atoms with Gasteiger partial charge in [0.15, 0.2) is 17.5 Å². The van der Waals surface area contributed by atoms with Gasteiger partial charge in [0.2, 0.25) is 0 Å². The molecule has 0 saturated carbocycles. The molecule has 24 heavy (non-hydrogen) atoms. The number of hydrazine groups is 1. The van der Waals surface area contributed by atoms with Crippen LogP contribution in [0.15, 0.2) is 29.4 Å². The second-order valence-corrected chi connectivity index (χ2v) is 6.31. The van der Waals surface area contributed by atoms with Crippen LogP contribution in [-0.4, -0.2) is 28.0 Å². The van der Waals surface area contributed by atoms with Gasteiger partial charge in [-0.15, -0.1) is 4.83 Å². The molecule has 0 unspecified atom stereocenters. The SMILES string of the molecule is Cc1cc(NNS(=O)(=O)c2ccc(F)c(F)c2F)n2ncnc2n1. The first-order valence-electron chi connectivity index (χ1n) is 6.38. The van der Waals surface area contributed by atoms with E-state index < -0.39 is 32.4 Å². The Bertz CT molecular complexity index is 1040. The molecule has 0 aliphatic carbocycles. The normalized spacial score (nSPS) is 11.8. The molecule has 0 amide bonds. The first-order valence-corrected chi connectivity index (χ1v) is 7.86. The van der Waals surface area contributed by atoms with E-state index >= 15 is 0 Å². The van der Waals surface area contributed by atoms with Crippen molar-refractivity contribution in [3.8, 4) is 0 Å². The molecule has 12 heteroatoms. The Balaban J connectivity index is 1.93. The third-order valence-corrected chi connectivity index (χ3v) is 4.25. The quantitative estimate of drug-likeness (QED) is 0.536. The molecule has 0 radical (unpaired) electrons. The largest absolute Gasteiger partial charge is 0.292 e. The van der Waals surface area contributed by atoms with Crippen LogP contribution in [0.2, 0.25) is 0 Å². The number of sulfonamides is 1. The van der Waals surface area contributed by atoms with Crippen LogP contribution >= 0.6 is 0 Å². The molecule has 2 N–H and O–H groups in total. The number of fused-ring (bicyclic) bond motifs is 1. The van der Waals surface area contributed by atoms with Crippen molar-refractivity contribution in [2.24, 2.45) is 0 Å². The highest BCUT2D eigenvalue weighted by Gasteiger charge is 2.24. The lowest BCUT2D eigenvalue weighted by Crippen LogP contribution is -2.31. The van der Waals surface area contributed by atoms with E-state index in [-0.39, 0.29) is 11.6 Å². The molecule has 0 aliphatic heterocycles. The molecule has 0 spiro atoms. The molecular weight excluding hydrogens is 349 g/mol. The fourth-order valence-electron chi connectivity index (χ4n) is 1.91. The summed E-state index contributed by atoms with van der Waals surface area (Å²) in [6, 6.07) is 2.58. The summed E-state index contributed by atoms with van der Waals surface area (Å²) in [7, 11) is -4.52. The number of nitrogens with one attached hydrogen (secondary N) is 2. The zero-order valence-electron chi connectivity index (χ0n) is 12.0. The van der Waals surface area contributed by atoms with Crippen molar-refractivity contribution in [3.63, 3.8) is 0 Å². The topological polar surface area (TPSA) is 101 Å². The lowest BCUT2D eigenvalue weighted by molar-refractivity contribution is 0.432. The molecule has 3 aromatic rings. The molecule has 8 nitrogen and oxygen atoms in total. The summed E-state index contributed by atoms with van der Waals surface area (Å²) >= 11 is 0. The maximum Gasteiger partial charge on any atom is 0.260 e. The number of benzene rings is 1. The molecule has 0 atom stereocenters. The van der Waals surface area contributed by atoms with Crippen molar-refractivity contribution in [2.75, 3.05) is 5.43 Å². The molecule has 2 heterocycles. The minimum atomic E-state index is -4.52. The summed E-state index contributed by atoms with van der Waals surface area (Å²) in [6.07, 6.45) is 1.20. The predicted molar refractivity (Wildman–Crippen MR) is 75.8 cm³/mol. The Morgan fingerprint density at radius 2 is 1.92 bits per heavy atom. The zero-order valence-corrected chi connectivity index (χ0v) is 12.8. The number of aromatic nitrogens is 4. The van der Waals surface area contributed by atoms with Gasteiger partial charge in [-0.1, -0.05) is 0 Å². The van der Waals surface area contributed by atoms with E-state index in [1.54, 1.807) is 6.92 Å². The van der Waals surface area contributed by atoms with E-state index in [0.717, 1.165) is 0 Å². The molecule has 0 saturated heterocycles. The van der Waals surface area contributed by atoms with Crippen molar-refractivity contribution in [3.05, 3.63) is 47.7 Å². The zero-order chi connectivity index (χ0) is 17.5. The van der Waals surface area contributed by atoms with Crippen LogP contribution in [0.1, 0.15) is 5.69 Å². The Morgan fingerprint density at radius 1 is 1.17 bits per heavy atom. The van der Waals surface area contributed by atoms with Crippen LogP contribution in [0.3, 0.4) is 0 Å². The highest BCUT2D eigenvalue weighted by Crippen LogP contribution is 2.19. The average Bonchev–Trinajstić information content (AvgIpc) is 2.98. The Labute approximate surface area is 133 Å². The third-order valence-electron chi connectivity index (χ3n) is 2.98. The molecule has 0 fully saturated rings. The number of rotatable bonds is 4. The summed E-state index contributed by atoms with van der Waals surface area (Å²) in [5, 5.41) is 3.84. The smallest absolute Gasteiger partial charge is 0.260 e. The van der Waals surface area contributed by atoms with Gasteiger partial charge in [0.25, 0.3) is 15.8 Å². The fraction of sp³-hybridized carbons (Fsp3) is 0.0833. The van der Waals surface area contributed by atoms with E-state index in [4.69, 9.17) is 0 Å². The van der Waals surface area contributed by atoms with E-state index in [0.29, 0.717) is 17.8 Å². The summed E-state index contributed by atoms with van der Waals surface area (Å²) in [6.45, 7) is 1.64. The van der Waals surface area contributed by atoms with Crippen LogP contribution in [0, 0.1) is 24.4 Å². The number of anilines is 1. The van der Waals surface area contributed by atoms with Crippen molar-refractivity contribution in [1.29, 1.82) is 0 Å². The van der Waals surface area contributed by atoms with E-state index in [1.165, 1.54) is 16.9 Å². The monoisotopic (exact) mass is 358 g/mol. The summed E-state index contributed by atoms with van der Waals surface area (Å²) in [5.74, 6) is -4.84. The van der Waals surface area contributed by atoms with Crippen molar-refractivity contribution in [1.82, 2.24) is 24.4 Å². The van der Waals surface area contributed by atoms with Crippen molar-refractivity contribution >= 4 is 21.6 Å². The number of nitrogens with zero attached hydrogens (tertiary/aromatic N) is 4. The van der Waals surface area contributed by atoms with Crippen LogP contribution in [0.25, 0.3) is 5.78 Å². The Hall–Kier alpha value is -2.73. The number of hydrogen-bond acceptors (Lipinski definition) is 6. The summed E-state index contributed by atoms with van der Waals surface area (Å²) in [5.41, 5.74) is 2.82. The van der Waals surface area contributed by atoms with Gasteiger partial charge in [-0.2, -0.15) is 14.6 Å². The van der Waals surface area contributed by atoms with E-state index in [2.05, 4.69) is 20.5 Å². The van der Waals surface area contributed by atoms with Gasteiger partial charge >= 0.3 is 0 Å². The van der Waals surface area contributed by atoms with Crippen LogP contribution < -0.4 is 10.3 Å². The number of halogens is 3. The first kappa shape index (κ1) is 16.1. The summed E-state index contributed by atoms with van der Waals surface area (Å²) in [4.78, 5) is 8.72. The predicted octanol–water partition coefficient (Wildman–Crippen LogP) is 1.16. The molecule has 2 aromatic heterocycles. The minimum absolute atomic E-state index is 0.140. The number of aryl methyl sites for hydroxylation is 1. The lowest BCUT2D eigenvalue weighted by atomic mass is 10.3. The van der Waals surface area contributed by atoms with Gasteiger partial charge in [-0.05, 0) is 19.1 Å². The standard InChI is InChI=1S/C12H9F3N6O2S/c1-6-4-9(21-12(18-6)16-5-17-21)19-20-24(22,23)8-3-2-7(13)10(14)11(8)15/h2-5,19-20H,1H3. The van der Waals surface area contributed by atoms with Crippen molar-refractivity contribution in [2.45, 2.75) is 11.8 Å². The third kappa shape index (κ3) is 2.76. The minimum Gasteiger partial charge on any atom is -0.292 e. The van der Waals surface area contributed by atoms with Gasteiger partial charge in [0.05, 0.1) is 0 Å². The van der Waals surface area contributed by atoms with Gasteiger partial charge in [0.1, 0.15) is 17.0 Å². The maximum atomic E-state index is 13.7. The first-order chi connectivity index (χ1) is 11.3.